The lowest BCUT2D eigenvalue weighted by molar-refractivity contribution is 0.554. The fraction of sp³-hybridized carbons (Fsp3) is 1.00. The van der Waals surface area contributed by atoms with Gasteiger partial charge in [-0.3, -0.25) is 0 Å². The van der Waals surface area contributed by atoms with E-state index in [0.29, 0.717) is 5.04 Å². The molecule has 68 valence electrons. The van der Waals surface area contributed by atoms with Crippen molar-refractivity contribution in [1.82, 2.24) is 5.32 Å². The summed E-state index contributed by atoms with van der Waals surface area (Å²) in [4.78, 5) is 0. The first-order valence-electron chi connectivity index (χ1n) is 4.21. The van der Waals surface area contributed by atoms with E-state index in [4.69, 9.17) is 11.6 Å². The molecule has 1 N–H and O–H groups in total. The molecule has 0 aliphatic carbocycles. The minimum absolute atomic E-state index is 0.0789. The lowest BCUT2D eigenvalue weighted by Crippen LogP contribution is -2.35. The molecule has 0 fully saturated rings. The zero-order chi connectivity index (χ0) is 9.07. The average molecular weight is 194 g/mol. The van der Waals surface area contributed by atoms with Crippen LogP contribution in [0.3, 0.4) is 0 Å². The summed E-state index contributed by atoms with van der Waals surface area (Å²) in [5.74, 6) is 0. The normalized spacial score (nSPS) is 16.6. The van der Waals surface area contributed by atoms with Crippen molar-refractivity contribution < 1.29 is 0 Å². The summed E-state index contributed by atoms with van der Waals surface area (Å²) in [5, 5.41) is 3.43. The smallest absolute Gasteiger partial charge is 0.0844 e. The summed E-state index contributed by atoms with van der Waals surface area (Å²) in [6.45, 7) is 9.08. The largest absolute Gasteiger partial charge is 0.304 e. The Hall–Kier alpha value is 0.467. The standard InChI is InChI=1S/C8H20ClNSi/c1-6(2)11-8(3,4)7(9)10-5/h6-7,10H,11H2,1-5H3. The highest BCUT2D eigenvalue weighted by Crippen LogP contribution is 2.33. The third-order valence-corrected chi connectivity index (χ3v) is 5.22. The van der Waals surface area contributed by atoms with Crippen molar-refractivity contribution >= 4 is 21.1 Å². The average Bonchev–Trinajstić information content (AvgIpc) is 1.83. The van der Waals surface area contributed by atoms with Crippen LogP contribution in [0.15, 0.2) is 0 Å². The second-order valence-corrected chi connectivity index (χ2v) is 8.54. The molecule has 3 heteroatoms. The maximum Gasteiger partial charge on any atom is 0.0844 e. The Labute approximate surface area is 77.7 Å². The van der Waals surface area contributed by atoms with Crippen molar-refractivity contribution in [2.45, 2.75) is 43.8 Å². The van der Waals surface area contributed by atoms with Crippen LogP contribution in [0.2, 0.25) is 10.6 Å². The molecule has 0 aromatic carbocycles. The molecule has 1 nitrogen and oxygen atoms in total. The number of halogens is 1. The van der Waals surface area contributed by atoms with Gasteiger partial charge in [-0.2, -0.15) is 0 Å². The van der Waals surface area contributed by atoms with Crippen LogP contribution in [-0.2, 0) is 0 Å². The highest BCUT2D eigenvalue weighted by Gasteiger charge is 2.27. The van der Waals surface area contributed by atoms with Crippen molar-refractivity contribution in [1.29, 1.82) is 0 Å². The monoisotopic (exact) mass is 193 g/mol. The van der Waals surface area contributed by atoms with E-state index in [2.05, 4.69) is 33.0 Å². The van der Waals surface area contributed by atoms with Crippen molar-refractivity contribution in [3.8, 4) is 0 Å². The summed E-state index contributed by atoms with van der Waals surface area (Å²) >= 11 is 6.12. The van der Waals surface area contributed by atoms with Crippen LogP contribution in [0.4, 0.5) is 0 Å². The van der Waals surface area contributed by atoms with Gasteiger partial charge in [0.25, 0.3) is 0 Å². The van der Waals surface area contributed by atoms with E-state index >= 15 is 0 Å². The predicted octanol–water partition coefficient (Wildman–Crippen LogP) is 1.97. The molecule has 0 aliphatic rings. The van der Waals surface area contributed by atoms with Gasteiger partial charge in [0.15, 0.2) is 0 Å². The van der Waals surface area contributed by atoms with Crippen LogP contribution >= 0.6 is 11.6 Å². The van der Waals surface area contributed by atoms with Gasteiger partial charge in [0.2, 0.25) is 0 Å². The van der Waals surface area contributed by atoms with E-state index in [1.54, 1.807) is 0 Å². The van der Waals surface area contributed by atoms with Crippen molar-refractivity contribution in [3.05, 3.63) is 0 Å². The van der Waals surface area contributed by atoms with Gasteiger partial charge in [0, 0.05) is 9.52 Å². The Morgan fingerprint density at radius 2 is 1.82 bits per heavy atom. The molecule has 0 radical (unpaired) electrons. The Kier molecular flexibility index (Phi) is 4.67. The third kappa shape index (κ3) is 4.14. The minimum Gasteiger partial charge on any atom is -0.304 e. The molecular weight excluding hydrogens is 174 g/mol. The first kappa shape index (κ1) is 11.5. The lowest BCUT2D eigenvalue weighted by atomic mass is 10.2. The van der Waals surface area contributed by atoms with Gasteiger partial charge < -0.3 is 5.32 Å². The molecule has 0 aliphatic heterocycles. The van der Waals surface area contributed by atoms with Gasteiger partial charge in [-0.15, -0.1) is 11.6 Å². The van der Waals surface area contributed by atoms with E-state index in [-0.39, 0.29) is 15.0 Å². The molecule has 11 heavy (non-hydrogen) atoms. The van der Waals surface area contributed by atoms with Crippen LogP contribution in [0.5, 0.6) is 0 Å². The van der Waals surface area contributed by atoms with Crippen LogP contribution in [-0.4, -0.2) is 22.1 Å². The van der Waals surface area contributed by atoms with Crippen molar-refractivity contribution in [2.24, 2.45) is 0 Å². The molecule has 1 unspecified atom stereocenters. The van der Waals surface area contributed by atoms with Crippen LogP contribution < -0.4 is 5.32 Å². The molecule has 1 atom stereocenters. The van der Waals surface area contributed by atoms with Crippen LogP contribution in [0.25, 0.3) is 0 Å². The van der Waals surface area contributed by atoms with E-state index in [0.717, 1.165) is 5.54 Å². The minimum atomic E-state index is -0.0789. The van der Waals surface area contributed by atoms with Gasteiger partial charge in [-0.25, -0.2) is 0 Å². The highest BCUT2D eigenvalue weighted by molar-refractivity contribution is 6.44. The number of hydrogen-bond acceptors (Lipinski definition) is 1. The van der Waals surface area contributed by atoms with Gasteiger partial charge in [-0.1, -0.05) is 33.2 Å². The second-order valence-electron chi connectivity index (χ2n) is 4.24. The first-order chi connectivity index (χ1) is 4.90. The van der Waals surface area contributed by atoms with E-state index < -0.39 is 0 Å². The molecule has 0 aromatic rings. The molecule has 0 bridgehead atoms. The van der Waals surface area contributed by atoms with Gasteiger partial charge in [0.1, 0.15) is 0 Å². The van der Waals surface area contributed by atoms with E-state index in [1.807, 2.05) is 7.05 Å². The molecule has 0 amide bonds. The molecule has 0 aromatic heterocycles. The lowest BCUT2D eigenvalue weighted by Gasteiger charge is -2.30. The van der Waals surface area contributed by atoms with E-state index in [1.165, 1.54) is 0 Å². The van der Waals surface area contributed by atoms with Crippen LogP contribution in [0, 0.1) is 0 Å². The maximum atomic E-state index is 6.12. The molecule has 0 saturated heterocycles. The Morgan fingerprint density at radius 1 is 1.36 bits per heavy atom. The predicted molar refractivity (Wildman–Crippen MR) is 56.4 cm³/mol. The maximum absolute atomic E-state index is 6.12. The van der Waals surface area contributed by atoms with Gasteiger partial charge >= 0.3 is 0 Å². The van der Waals surface area contributed by atoms with Crippen molar-refractivity contribution in [3.63, 3.8) is 0 Å². The fourth-order valence-electron chi connectivity index (χ4n) is 1.55. The Morgan fingerprint density at radius 3 is 2.09 bits per heavy atom. The SMILES string of the molecule is CNC(Cl)C(C)(C)[SiH2]C(C)C. The summed E-state index contributed by atoms with van der Waals surface area (Å²) in [6.07, 6.45) is 0. The number of hydrogen-bond donors (Lipinski definition) is 1. The zero-order valence-electron chi connectivity index (χ0n) is 8.24. The Balaban J connectivity index is 3.98. The molecule has 0 heterocycles. The molecule has 0 spiro atoms. The van der Waals surface area contributed by atoms with Crippen molar-refractivity contribution in [2.75, 3.05) is 7.05 Å². The topological polar surface area (TPSA) is 12.0 Å². The molecule has 0 rings (SSSR count). The number of alkyl halides is 1. The van der Waals surface area contributed by atoms with Gasteiger partial charge in [0.05, 0.1) is 5.50 Å². The summed E-state index contributed by atoms with van der Waals surface area (Å²) in [7, 11) is 1.85. The molecular formula is C8H20ClNSi. The summed E-state index contributed by atoms with van der Waals surface area (Å²) < 4.78 is 0. The quantitative estimate of drug-likeness (QED) is 0.409. The number of rotatable bonds is 4. The van der Waals surface area contributed by atoms with Crippen LogP contribution in [0.1, 0.15) is 27.7 Å². The van der Waals surface area contributed by atoms with E-state index in [9.17, 15) is 0 Å². The zero-order valence-corrected chi connectivity index (χ0v) is 10.4. The highest BCUT2D eigenvalue weighted by atomic mass is 35.5. The third-order valence-electron chi connectivity index (χ3n) is 1.87. The summed E-state index contributed by atoms with van der Waals surface area (Å²) in [6, 6.07) is 0. The first-order valence-corrected chi connectivity index (χ1v) is 6.17. The fourth-order valence-corrected chi connectivity index (χ4v) is 4.33. The molecule has 0 saturated carbocycles. The number of nitrogens with one attached hydrogen (secondary N) is 1. The Bertz CT molecular complexity index is 115. The second kappa shape index (κ2) is 4.48. The van der Waals surface area contributed by atoms with Gasteiger partial charge in [-0.05, 0) is 12.1 Å². The summed E-state index contributed by atoms with van der Waals surface area (Å²) in [5.41, 5.74) is 0.983.